The molecule has 2 N–H and O–H groups in total. The minimum Gasteiger partial charge on any atom is -0.355 e. The normalized spacial score (nSPS) is 11.3. The lowest BCUT2D eigenvalue weighted by atomic mass is 10.2. The van der Waals surface area contributed by atoms with Gasteiger partial charge in [0.15, 0.2) is 11.3 Å². The molecule has 3 rings (SSSR count). The number of benzene rings is 1. The van der Waals surface area contributed by atoms with Crippen molar-refractivity contribution in [3.63, 3.8) is 0 Å². The highest BCUT2D eigenvalue weighted by Crippen LogP contribution is 2.19. The van der Waals surface area contributed by atoms with E-state index in [1.54, 1.807) is 18.5 Å². The van der Waals surface area contributed by atoms with Crippen LogP contribution in [0.4, 0.5) is 10.2 Å². The van der Waals surface area contributed by atoms with Crippen LogP contribution < -0.4 is 9.88 Å². The van der Waals surface area contributed by atoms with Crippen molar-refractivity contribution in [3.8, 4) is 0 Å². The molecule has 0 bridgehead atoms. The van der Waals surface area contributed by atoms with Gasteiger partial charge in [-0.2, -0.15) is 0 Å². The Balaban J connectivity index is 2.05. The molecule has 0 unspecified atom stereocenters. The quantitative estimate of drug-likeness (QED) is 0.712. The molecule has 0 radical (unpaired) electrons. The molecular formula is C17H21FN5+. The summed E-state index contributed by atoms with van der Waals surface area (Å²) in [5.41, 5.74) is 2.76. The Labute approximate surface area is 134 Å². The fourth-order valence-electron chi connectivity index (χ4n) is 2.48. The first-order valence-corrected chi connectivity index (χ1v) is 7.84. The summed E-state index contributed by atoms with van der Waals surface area (Å²) in [6.45, 7) is 7.62. The second-order valence-corrected chi connectivity index (χ2v) is 5.85. The molecule has 6 heteroatoms. The van der Waals surface area contributed by atoms with Gasteiger partial charge < -0.3 is 10.3 Å². The lowest BCUT2D eigenvalue weighted by Gasteiger charge is -2.04. The maximum atomic E-state index is 13.1. The number of halogens is 1. The molecular weight excluding hydrogens is 293 g/mol. The first kappa shape index (κ1) is 15.4. The van der Waals surface area contributed by atoms with E-state index < -0.39 is 0 Å². The van der Waals surface area contributed by atoms with Gasteiger partial charge in [0.1, 0.15) is 5.82 Å². The van der Waals surface area contributed by atoms with Crippen LogP contribution in [0.1, 0.15) is 38.1 Å². The van der Waals surface area contributed by atoms with Gasteiger partial charge in [0.25, 0.3) is 5.65 Å². The topological polar surface area (TPSA) is 57.5 Å². The van der Waals surface area contributed by atoms with Crippen LogP contribution in [0, 0.1) is 5.82 Å². The van der Waals surface area contributed by atoms with E-state index in [0.717, 1.165) is 34.9 Å². The first-order valence-electron chi connectivity index (χ1n) is 7.84. The number of nitrogens with zero attached hydrogens (tertiary/aromatic N) is 3. The molecule has 2 heterocycles. The summed E-state index contributed by atoms with van der Waals surface area (Å²) >= 11 is 0. The summed E-state index contributed by atoms with van der Waals surface area (Å²) in [5, 5.41) is 3.26. The van der Waals surface area contributed by atoms with E-state index in [-0.39, 0.29) is 5.82 Å². The minimum absolute atomic E-state index is 0.230. The van der Waals surface area contributed by atoms with E-state index in [9.17, 15) is 4.39 Å². The van der Waals surface area contributed by atoms with Gasteiger partial charge in [-0.3, -0.25) is 0 Å². The van der Waals surface area contributed by atoms with Crippen molar-refractivity contribution in [2.24, 2.45) is 0 Å². The van der Waals surface area contributed by atoms with Gasteiger partial charge in [0, 0.05) is 12.5 Å². The Morgan fingerprint density at radius 1 is 1.26 bits per heavy atom. The number of aromatic amines is 1. The molecule has 3 aromatic rings. The maximum Gasteiger partial charge on any atom is 0.294 e. The summed E-state index contributed by atoms with van der Waals surface area (Å²) in [6, 6.07) is 6.50. The van der Waals surface area contributed by atoms with Crippen LogP contribution in [0.25, 0.3) is 11.2 Å². The molecule has 120 valence electrons. The number of anilines is 1. The fraction of sp³-hybridized carbons (Fsp3) is 0.353. The van der Waals surface area contributed by atoms with Crippen molar-refractivity contribution in [2.45, 2.75) is 33.2 Å². The van der Waals surface area contributed by atoms with E-state index in [0.29, 0.717) is 12.5 Å². The van der Waals surface area contributed by atoms with Gasteiger partial charge in [0.2, 0.25) is 12.1 Å². The Morgan fingerprint density at radius 2 is 2.00 bits per heavy atom. The Bertz CT molecular complexity index is 808. The number of imidazole rings is 1. The summed E-state index contributed by atoms with van der Waals surface area (Å²) < 4.78 is 15.0. The molecule has 0 atom stereocenters. The smallest absolute Gasteiger partial charge is 0.294 e. The number of nitrogens with one attached hydrogen (secondary N) is 2. The van der Waals surface area contributed by atoms with Crippen LogP contribution in [0.5, 0.6) is 0 Å². The highest BCUT2D eigenvalue weighted by Gasteiger charge is 2.21. The second kappa shape index (κ2) is 6.32. The Morgan fingerprint density at radius 3 is 2.65 bits per heavy atom. The van der Waals surface area contributed by atoms with E-state index in [2.05, 4.69) is 29.1 Å². The third-order valence-electron chi connectivity index (χ3n) is 3.70. The van der Waals surface area contributed by atoms with Gasteiger partial charge in [-0.25, -0.2) is 8.96 Å². The molecule has 23 heavy (non-hydrogen) atoms. The molecule has 2 aromatic heterocycles. The van der Waals surface area contributed by atoms with Crippen molar-refractivity contribution in [3.05, 3.63) is 47.8 Å². The molecule has 0 aliphatic carbocycles. The van der Waals surface area contributed by atoms with E-state index in [1.165, 1.54) is 12.1 Å². The SMILES string of the molecule is CCNc1nc[n+](Cc2ccc(F)cc2)c2nc(C(C)C)[nH]c12. The fourth-order valence-corrected chi connectivity index (χ4v) is 2.48. The molecule has 0 aliphatic heterocycles. The van der Waals surface area contributed by atoms with Gasteiger partial charge in [-0.15, -0.1) is 0 Å². The Kier molecular flexibility index (Phi) is 4.23. The summed E-state index contributed by atoms with van der Waals surface area (Å²) in [4.78, 5) is 12.6. The van der Waals surface area contributed by atoms with Crippen LogP contribution in [-0.2, 0) is 6.54 Å². The molecule has 0 spiro atoms. The van der Waals surface area contributed by atoms with Crippen LogP contribution in [0.15, 0.2) is 30.6 Å². The molecule has 5 nitrogen and oxygen atoms in total. The van der Waals surface area contributed by atoms with Crippen LogP contribution in [0.2, 0.25) is 0 Å². The zero-order valence-electron chi connectivity index (χ0n) is 13.6. The number of rotatable bonds is 5. The van der Waals surface area contributed by atoms with Crippen LogP contribution in [-0.4, -0.2) is 21.5 Å². The van der Waals surface area contributed by atoms with Crippen molar-refractivity contribution in [2.75, 3.05) is 11.9 Å². The van der Waals surface area contributed by atoms with Crippen molar-refractivity contribution < 1.29 is 8.96 Å². The number of H-pyrrole nitrogens is 1. The molecule has 0 amide bonds. The largest absolute Gasteiger partial charge is 0.355 e. The number of hydrogen-bond donors (Lipinski definition) is 2. The van der Waals surface area contributed by atoms with Gasteiger partial charge in [-0.1, -0.05) is 35.9 Å². The summed E-state index contributed by atoms with van der Waals surface area (Å²) in [6.07, 6.45) is 1.77. The zero-order valence-corrected chi connectivity index (χ0v) is 13.6. The molecule has 0 saturated heterocycles. The maximum absolute atomic E-state index is 13.1. The predicted molar refractivity (Wildman–Crippen MR) is 87.8 cm³/mol. The lowest BCUT2D eigenvalue weighted by Crippen LogP contribution is -2.36. The summed E-state index contributed by atoms with van der Waals surface area (Å²) in [5.74, 6) is 1.81. The second-order valence-electron chi connectivity index (χ2n) is 5.85. The lowest BCUT2D eigenvalue weighted by molar-refractivity contribution is -0.667. The number of aromatic nitrogens is 4. The van der Waals surface area contributed by atoms with Crippen molar-refractivity contribution in [1.82, 2.24) is 15.0 Å². The Hall–Kier alpha value is -2.50. The van der Waals surface area contributed by atoms with Crippen LogP contribution >= 0.6 is 0 Å². The van der Waals surface area contributed by atoms with E-state index in [1.807, 2.05) is 11.5 Å². The zero-order chi connectivity index (χ0) is 16.4. The molecule has 0 aliphatic rings. The third kappa shape index (κ3) is 3.16. The summed E-state index contributed by atoms with van der Waals surface area (Å²) in [7, 11) is 0. The van der Waals surface area contributed by atoms with Crippen LogP contribution in [0.3, 0.4) is 0 Å². The predicted octanol–water partition coefficient (Wildman–Crippen LogP) is 2.99. The monoisotopic (exact) mass is 314 g/mol. The number of hydrogen-bond acceptors (Lipinski definition) is 3. The average molecular weight is 314 g/mol. The van der Waals surface area contributed by atoms with Crippen molar-refractivity contribution >= 4 is 17.0 Å². The van der Waals surface area contributed by atoms with Crippen molar-refractivity contribution in [1.29, 1.82) is 0 Å². The molecule has 0 fully saturated rings. The highest BCUT2D eigenvalue weighted by molar-refractivity contribution is 5.80. The van der Waals surface area contributed by atoms with Gasteiger partial charge in [0.05, 0.1) is 6.54 Å². The van der Waals surface area contributed by atoms with E-state index in [4.69, 9.17) is 4.98 Å². The standard InChI is InChI=1S/C17H20FN5/c1-4-19-16-14-17(22-15(21-14)11(2)3)23(10-20-16)9-12-5-7-13(18)8-6-12/h5-8,10-11H,4,9H2,1-3H3,(H,19,21,22)/p+1. The van der Waals surface area contributed by atoms with Gasteiger partial charge >= 0.3 is 0 Å². The van der Waals surface area contributed by atoms with E-state index >= 15 is 0 Å². The third-order valence-corrected chi connectivity index (χ3v) is 3.70. The number of fused-ring (bicyclic) bond motifs is 1. The van der Waals surface area contributed by atoms with Gasteiger partial charge in [-0.05, 0) is 24.6 Å². The molecule has 0 saturated carbocycles. The molecule has 1 aromatic carbocycles. The highest BCUT2D eigenvalue weighted by atomic mass is 19.1. The minimum atomic E-state index is -0.230. The first-order chi connectivity index (χ1) is 11.1. The average Bonchev–Trinajstić information content (AvgIpc) is 2.98.